The third-order valence-electron chi connectivity index (χ3n) is 1.98. The van der Waals surface area contributed by atoms with Gasteiger partial charge in [0, 0.05) is 16.1 Å². The first kappa shape index (κ1) is 10.2. The number of aromatic nitrogens is 1. The lowest BCUT2D eigenvalue weighted by Gasteiger charge is -2.02. The highest BCUT2D eigenvalue weighted by Crippen LogP contribution is 2.23. The number of carbonyl (C=O) groups excluding carboxylic acids is 1. The fraction of sp³-hybridized carbons (Fsp3) is 0. The fourth-order valence-electron chi connectivity index (χ4n) is 1.30. The molecule has 0 bridgehead atoms. The minimum atomic E-state index is -1.16. The van der Waals surface area contributed by atoms with E-state index in [1.807, 2.05) is 0 Å². The molecule has 1 aromatic heterocycles. The molecule has 0 aliphatic rings. The topological polar surface area (TPSA) is 30.0 Å². The molecular weight excluding hydrogens is 268 g/mol. The zero-order valence-electron chi connectivity index (χ0n) is 7.30. The maximum Gasteiger partial charge on any atom is 0.185 e. The van der Waals surface area contributed by atoms with Crippen molar-refractivity contribution in [2.45, 2.75) is 0 Å². The highest BCUT2D eigenvalue weighted by molar-refractivity contribution is 9.10. The van der Waals surface area contributed by atoms with Gasteiger partial charge in [-0.1, -0.05) is 0 Å². The van der Waals surface area contributed by atoms with Crippen LogP contribution >= 0.6 is 15.9 Å². The van der Waals surface area contributed by atoms with Gasteiger partial charge in [-0.2, -0.15) is 0 Å². The molecule has 1 aromatic carbocycles. The number of pyridine rings is 1. The minimum Gasteiger partial charge on any atom is -0.298 e. The van der Waals surface area contributed by atoms with Gasteiger partial charge in [-0.25, -0.2) is 8.78 Å². The average Bonchev–Trinajstić information content (AvgIpc) is 2.23. The molecule has 0 atom stereocenters. The molecule has 1 heterocycles. The van der Waals surface area contributed by atoms with E-state index in [-0.39, 0.29) is 17.4 Å². The zero-order valence-corrected chi connectivity index (χ0v) is 8.88. The van der Waals surface area contributed by atoms with E-state index in [0.717, 1.165) is 0 Å². The van der Waals surface area contributed by atoms with Crippen LogP contribution in [0.5, 0.6) is 0 Å². The van der Waals surface area contributed by atoms with Gasteiger partial charge in [0.1, 0.15) is 5.52 Å². The Morgan fingerprint density at radius 3 is 2.67 bits per heavy atom. The van der Waals surface area contributed by atoms with Crippen molar-refractivity contribution in [2.24, 2.45) is 0 Å². The molecule has 0 fully saturated rings. The molecule has 0 unspecified atom stereocenters. The predicted octanol–water partition coefficient (Wildman–Crippen LogP) is 3.09. The smallest absolute Gasteiger partial charge is 0.185 e. The van der Waals surface area contributed by atoms with Crippen LogP contribution < -0.4 is 0 Å². The molecule has 15 heavy (non-hydrogen) atoms. The van der Waals surface area contributed by atoms with Crippen molar-refractivity contribution in [1.29, 1.82) is 0 Å². The van der Waals surface area contributed by atoms with Gasteiger partial charge in [0.05, 0.1) is 5.56 Å². The molecule has 0 spiro atoms. The van der Waals surface area contributed by atoms with Crippen molar-refractivity contribution in [3.8, 4) is 0 Å². The van der Waals surface area contributed by atoms with E-state index < -0.39 is 11.6 Å². The van der Waals surface area contributed by atoms with E-state index in [0.29, 0.717) is 9.86 Å². The zero-order chi connectivity index (χ0) is 11.0. The van der Waals surface area contributed by atoms with Crippen LogP contribution in [0.15, 0.2) is 22.8 Å². The van der Waals surface area contributed by atoms with E-state index in [9.17, 15) is 13.6 Å². The third kappa shape index (κ3) is 1.63. The van der Waals surface area contributed by atoms with Gasteiger partial charge in [-0.05, 0) is 28.1 Å². The Labute approximate surface area is 92.1 Å². The first-order valence-corrected chi connectivity index (χ1v) is 4.81. The number of hydrogen-bond acceptors (Lipinski definition) is 2. The molecule has 76 valence electrons. The number of rotatable bonds is 1. The minimum absolute atomic E-state index is 0.0821. The molecule has 0 saturated heterocycles. The summed E-state index contributed by atoms with van der Waals surface area (Å²) in [6, 6.07) is 2.83. The van der Waals surface area contributed by atoms with Crippen molar-refractivity contribution in [3.63, 3.8) is 0 Å². The Morgan fingerprint density at radius 1 is 1.27 bits per heavy atom. The van der Waals surface area contributed by atoms with Gasteiger partial charge in [0.15, 0.2) is 17.9 Å². The number of carbonyl (C=O) groups is 1. The summed E-state index contributed by atoms with van der Waals surface area (Å²) in [7, 11) is 0. The fourth-order valence-corrected chi connectivity index (χ4v) is 1.64. The highest BCUT2D eigenvalue weighted by Gasteiger charge is 2.13. The highest BCUT2D eigenvalue weighted by atomic mass is 79.9. The van der Waals surface area contributed by atoms with E-state index in [1.165, 1.54) is 12.3 Å². The van der Waals surface area contributed by atoms with Crippen molar-refractivity contribution < 1.29 is 13.6 Å². The van der Waals surface area contributed by atoms with Crippen LogP contribution in [-0.2, 0) is 0 Å². The lowest BCUT2D eigenvalue weighted by molar-refractivity contribution is 0.111. The second kappa shape index (κ2) is 3.66. The Kier molecular flexibility index (Phi) is 2.48. The summed E-state index contributed by atoms with van der Waals surface area (Å²) in [5, 5.41) is 0.380. The van der Waals surface area contributed by atoms with E-state index in [2.05, 4.69) is 20.9 Å². The van der Waals surface area contributed by atoms with Gasteiger partial charge in [0.25, 0.3) is 0 Å². The maximum absolute atomic E-state index is 13.4. The van der Waals surface area contributed by atoms with Gasteiger partial charge >= 0.3 is 0 Å². The summed E-state index contributed by atoms with van der Waals surface area (Å²) >= 11 is 3.15. The number of aldehydes is 1. The first-order chi connectivity index (χ1) is 7.13. The Bertz CT molecular complexity index is 557. The predicted molar refractivity (Wildman–Crippen MR) is 54.7 cm³/mol. The monoisotopic (exact) mass is 271 g/mol. The largest absolute Gasteiger partial charge is 0.298 e. The second-order valence-corrected chi connectivity index (χ2v) is 3.85. The molecule has 5 heteroatoms. The van der Waals surface area contributed by atoms with Gasteiger partial charge in [0.2, 0.25) is 0 Å². The van der Waals surface area contributed by atoms with Crippen LogP contribution in [0.4, 0.5) is 8.78 Å². The maximum atomic E-state index is 13.4. The second-order valence-electron chi connectivity index (χ2n) is 2.94. The summed E-state index contributed by atoms with van der Waals surface area (Å²) < 4.78 is 27.2. The van der Waals surface area contributed by atoms with Crippen LogP contribution in [-0.4, -0.2) is 11.3 Å². The molecule has 0 aliphatic carbocycles. The summed E-state index contributed by atoms with van der Waals surface area (Å²) in [4.78, 5) is 14.2. The molecule has 2 nitrogen and oxygen atoms in total. The molecule has 0 amide bonds. The molecule has 0 radical (unpaired) electrons. The molecule has 2 aromatic rings. The van der Waals surface area contributed by atoms with Crippen LogP contribution in [0.2, 0.25) is 0 Å². The van der Waals surface area contributed by atoms with Gasteiger partial charge < -0.3 is 0 Å². The van der Waals surface area contributed by atoms with Crippen LogP contribution in [0.1, 0.15) is 10.4 Å². The third-order valence-corrected chi connectivity index (χ3v) is 2.41. The van der Waals surface area contributed by atoms with Crippen LogP contribution in [0.25, 0.3) is 10.9 Å². The summed E-state index contributed by atoms with van der Waals surface area (Å²) in [5.74, 6) is -2.26. The first-order valence-electron chi connectivity index (χ1n) is 4.02. The Balaban J connectivity index is 2.90. The normalized spacial score (nSPS) is 10.6. The summed E-state index contributed by atoms with van der Waals surface area (Å²) in [6.07, 6.45) is 1.64. The lowest BCUT2D eigenvalue weighted by Crippen LogP contribution is -1.96. The number of halogens is 3. The van der Waals surface area contributed by atoms with Crippen molar-refractivity contribution in [3.05, 3.63) is 40.0 Å². The molecular formula is C10H4BrF2NO. The average molecular weight is 272 g/mol. The molecule has 0 N–H and O–H groups in total. The Hall–Kier alpha value is -1.36. The number of nitrogens with zero attached hydrogens (tertiary/aromatic N) is 1. The van der Waals surface area contributed by atoms with E-state index in [1.54, 1.807) is 6.07 Å². The Morgan fingerprint density at radius 2 is 2.00 bits per heavy atom. The number of fused-ring (bicyclic) bond motifs is 1. The van der Waals surface area contributed by atoms with Crippen molar-refractivity contribution in [2.75, 3.05) is 0 Å². The summed E-state index contributed by atoms with van der Waals surface area (Å²) in [5.41, 5.74) is -0.388. The molecule has 0 saturated carbocycles. The van der Waals surface area contributed by atoms with Gasteiger partial charge in [-0.3, -0.25) is 9.78 Å². The van der Waals surface area contributed by atoms with Gasteiger partial charge in [-0.15, -0.1) is 0 Å². The van der Waals surface area contributed by atoms with E-state index in [4.69, 9.17) is 0 Å². The SMILES string of the molecule is O=Cc1cc2cc(Br)cnc2c(F)c1F. The lowest BCUT2D eigenvalue weighted by atomic mass is 10.1. The van der Waals surface area contributed by atoms with Crippen LogP contribution in [0.3, 0.4) is 0 Å². The number of hydrogen-bond donors (Lipinski definition) is 0. The van der Waals surface area contributed by atoms with Crippen LogP contribution in [0, 0.1) is 11.6 Å². The van der Waals surface area contributed by atoms with Crippen molar-refractivity contribution >= 4 is 33.1 Å². The van der Waals surface area contributed by atoms with E-state index >= 15 is 0 Å². The number of benzene rings is 1. The standard InChI is InChI=1S/C10H4BrF2NO/c11-7-2-5-1-6(4-15)8(12)9(13)10(5)14-3-7/h1-4H. The quantitative estimate of drug-likeness (QED) is 0.747. The van der Waals surface area contributed by atoms with Crippen molar-refractivity contribution in [1.82, 2.24) is 4.98 Å². The molecule has 2 rings (SSSR count). The molecule has 0 aliphatic heterocycles. The summed E-state index contributed by atoms with van der Waals surface area (Å²) in [6.45, 7) is 0.